The largest absolute Gasteiger partial charge is 0.380 e. The summed E-state index contributed by atoms with van der Waals surface area (Å²) in [5.41, 5.74) is 2.38. The summed E-state index contributed by atoms with van der Waals surface area (Å²) in [5.74, 6) is 0.356. The van der Waals surface area contributed by atoms with Crippen molar-refractivity contribution in [3.8, 4) is 0 Å². The van der Waals surface area contributed by atoms with Gasteiger partial charge in [0.05, 0.1) is 5.69 Å². The molecule has 4 rings (SSSR count). The number of Topliss-reactive ketones (excluding diaryl/α,β-unsaturated/α-hetero) is 1. The molecule has 5 nitrogen and oxygen atoms in total. The van der Waals surface area contributed by atoms with E-state index in [-0.39, 0.29) is 17.6 Å². The molecule has 1 aliphatic carbocycles. The van der Waals surface area contributed by atoms with Crippen molar-refractivity contribution >= 4 is 21.5 Å². The summed E-state index contributed by atoms with van der Waals surface area (Å²) < 4.78 is 27.4. The number of anilines is 1. The molecule has 3 atom stereocenters. The van der Waals surface area contributed by atoms with Crippen LogP contribution in [-0.2, 0) is 14.8 Å². The van der Waals surface area contributed by atoms with Crippen LogP contribution >= 0.6 is 0 Å². The number of fused-ring (bicyclic) bond motifs is 2. The standard InChI is InChI=1S/C16H18N2O3S/c1-10-11-6-7-18-9-13(11)12(16(10)19)8-17-14-4-2-3-5-15(14)22(18,20)21/h2-5,10-11,17H,6-9H2,1H3/t10-,11+/m0/s1. The highest BCUT2D eigenvalue weighted by atomic mass is 32.2. The molecular weight excluding hydrogens is 300 g/mol. The molecule has 6 heteroatoms. The predicted molar refractivity (Wildman–Crippen MR) is 83.0 cm³/mol. The van der Waals surface area contributed by atoms with Crippen molar-refractivity contribution in [2.24, 2.45) is 11.8 Å². The number of benzene rings is 1. The van der Waals surface area contributed by atoms with Crippen LogP contribution in [0, 0.1) is 11.8 Å². The number of nitrogens with one attached hydrogen (secondary N) is 1. The first-order valence-corrected chi connectivity index (χ1v) is 9.03. The minimum Gasteiger partial charge on any atom is -0.380 e. The Balaban J connectivity index is 1.89. The van der Waals surface area contributed by atoms with Gasteiger partial charge in [0.15, 0.2) is 5.78 Å². The van der Waals surface area contributed by atoms with Gasteiger partial charge in [0, 0.05) is 31.1 Å². The predicted octanol–water partition coefficient (Wildman–Crippen LogP) is 1.64. The zero-order chi connectivity index (χ0) is 15.5. The van der Waals surface area contributed by atoms with E-state index in [0.717, 1.165) is 17.6 Å². The summed E-state index contributed by atoms with van der Waals surface area (Å²) in [4.78, 5) is 12.8. The van der Waals surface area contributed by atoms with Crippen molar-refractivity contribution in [1.82, 2.24) is 4.31 Å². The van der Waals surface area contributed by atoms with Gasteiger partial charge in [0.2, 0.25) is 10.0 Å². The lowest BCUT2D eigenvalue weighted by molar-refractivity contribution is -0.118. The first-order valence-electron chi connectivity index (χ1n) is 7.59. The van der Waals surface area contributed by atoms with Gasteiger partial charge >= 0.3 is 0 Å². The number of rotatable bonds is 0. The number of carbonyl (C=O) groups excluding carboxylic acids is 1. The van der Waals surface area contributed by atoms with Crippen LogP contribution in [0.25, 0.3) is 0 Å². The summed E-state index contributed by atoms with van der Waals surface area (Å²) in [6.45, 7) is 3.21. The Hall–Kier alpha value is -1.66. The zero-order valence-corrected chi connectivity index (χ0v) is 13.2. The highest BCUT2D eigenvalue weighted by Gasteiger charge is 2.44. The fourth-order valence-electron chi connectivity index (χ4n) is 3.90. The van der Waals surface area contributed by atoms with Crippen molar-refractivity contribution in [2.45, 2.75) is 18.2 Å². The lowest BCUT2D eigenvalue weighted by Gasteiger charge is -2.32. The summed E-state index contributed by atoms with van der Waals surface area (Å²) in [5, 5.41) is 3.17. The highest BCUT2D eigenvalue weighted by molar-refractivity contribution is 7.89. The van der Waals surface area contributed by atoms with Crippen molar-refractivity contribution in [3.05, 3.63) is 35.4 Å². The Bertz CT molecular complexity index is 797. The molecule has 2 bridgehead atoms. The number of carbonyl (C=O) groups is 1. The van der Waals surface area contributed by atoms with Gasteiger partial charge in [0.1, 0.15) is 4.90 Å². The van der Waals surface area contributed by atoms with Gasteiger partial charge in [-0.15, -0.1) is 0 Å². The van der Waals surface area contributed by atoms with E-state index in [0.29, 0.717) is 30.2 Å². The normalized spacial score (nSPS) is 32.6. The molecular formula is C16H18N2O3S. The van der Waals surface area contributed by atoms with E-state index in [1.807, 2.05) is 6.92 Å². The van der Waals surface area contributed by atoms with Crippen LogP contribution in [0.4, 0.5) is 5.69 Å². The van der Waals surface area contributed by atoms with Crippen molar-refractivity contribution < 1.29 is 13.2 Å². The third-order valence-corrected chi connectivity index (χ3v) is 7.05. The Kier molecular flexibility index (Phi) is 2.96. The maximum Gasteiger partial charge on any atom is 0.245 e. The summed E-state index contributed by atoms with van der Waals surface area (Å²) in [7, 11) is -3.53. The molecule has 1 N–H and O–H groups in total. The molecule has 0 aromatic heterocycles. The number of ketones is 1. The van der Waals surface area contributed by atoms with Crippen LogP contribution in [0.3, 0.4) is 0 Å². The van der Waals surface area contributed by atoms with E-state index >= 15 is 0 Å². The first-order chi connectivity index (χ1) is 10.5. The highest BCUT2D eigenvalue weighted by Crippen LogP contribution is 2.42. The van der Waals surface area contributed by atoms with Crippen molar-refractivity contribution in [1.29, 1.82) is 0 Å². The fraction of sp³-hybridized carbons (Fsp3) is 0.438. The average Bonchev–Trinajstić information content (AvgIpc) is 2.77. The van der Waals surface area contributed by atoms with Gasteiger partial charge in [-0.2, -0.15) is 4.31 Å². The maximum absolute atomic E-state index is 12.9. The number of sulfonamides is 1. The molecule has 0 saturated carbocycles. The van der Waals surface area contributed by atoms with Gasteiger partial charge < -0.3 is 5.32 Å². The first kappa shape index (κ1) is 14.0. The molecule has 0 spiro atoms. The van der Waals surface area contributed by atoms with Crippen LogP contribution in [0.1, 0.15) is 13.3 Å². The second-order valence-corrected chi connectivity index (χ2v) is 8.15. The Labute approximate surface area is 130 Å². The van der Waals surface area contributed by atoms with E-state index < -0.39 is 10.0 Å². The smallest absolute Gasteiger partial charge is 0.245 e. The summed E-state index contributed by atoms with van der Waals surface area (Å²) in [6.07, 6.45) is 0.729. The number of nitrogens with zero attached hydrogens (tertiary/aromatic N) is 1. The topological polar surface area (TPSA) is 66.5 Å². The Morgan fingerprint density at radius 3 is 2.86 bits per heavy atom. The van der Waals surface area contributed by atoms with Crippen molar-refractivity contribution in [3.63, 3.8) is 0 Å². The minimum atomic E-state index is -3.53. The number of para-hydroxylation sites is 1. The molecule has 1 saturated heterocycles. The SMILES string of the molecule is C[C@@H]1C(=O)C2=C3CN(CC[C@@H]31)S(=O)(=O)c1ccccc1NC2. The number of hydrogen-bond acceptors (Lipinski definition) is 4. The average molecular weight is 318 g/mol. The zero-order valence-electron chi connectivity index (χ0n) is 12.4. The molecule has 3 aliphatic rings. The molecule has 2 aliphatic heterocycles. The van der Waals surface area contributed by atoms with Gasteiger partial charge in [-0.25, -0.2) is 8.42 Å². The second kappa shape index (κ2) is 4.67. The Morgan fingerprint density at radius 2 is 2.05 bits per heavy atom. The molecule has 1 aromatic carbocycles. The monoisotopic (exact) mass is 318 g/mol. The molecule has 22 heavy (non-hydrogen) atoms. The van der Waals surface area contributed by atoms with E-state index in [2.05, 4.69) is 5.32 Å². The van der Waals surface area contributed by atoms with Gasteiger partial charge in [0.25, 0.3) is 0 Å². The van der Waals surface area contributed by atoms with Crippen LogP contribution < -0.4 is 5.32 Å². The van der Waals surface area contributed by atoms with E-state index in [9.17, 15) is 13.2 Å². The number of piperidine rings is 1. The van der Waals surface area contributed by atoms with E-state index in [1.165, 1.54) is 4.31 Å². The van der Waals surface area contributed by atoms with Gasteiger partial charge in [-0.05, 0) is 30.0 Å². The quantitative estimate of drug-likeness (QED) is 0.790. The molecule has 2 heterocycles. The number of hydrogen-bond donors (Lipinski definition) is 1. The fourth-order valence-corrected chi connectivity index (χ4v) is 5.50. The summed E-state index contributed by atoms with van der Waals surface area (Å²) >= 11 is 0. The molecule has 116 valence electrons. The lowest BCUT2D eigenvalue weighted by atomic mass is 9.87. The van der Waals surface area contributed by atoms with Crippen LogP contribution in [-0.4, -0.2) is 38.1 Å². The van der Waals surface area contributed by atoms with Crippen LogP contribution in [0.2, 0.25) is 0 Å². The maximum atomic E-state index is 12.9. The van der Waals surface area contributed by atoms with Gasteiger partial charge in [-0.1, -0.05) is 19.1 Å². The Morgan fingerprint density at radius 1 is 1.27 bits per heavy atom. The minimum absolute atomic E-state index is 0.0219. The second-order valence-electron chi connectivity index (χ2n) is 6.24. The van der Waals surface area contributed by atoms with Crippen molar-refractivity contribution in [2.75, 3.05) is 25.0 Å². The molecule has 1 fully saturated rings. The molecule has 1 aromatic rings. The third kappa shape index (κ3) is 1.80. The van der Waals surface area contributed by atoms with Crippen LogP contribution in [0.15, 0.2) is 40.3 Å². The third-order valence-electron chi connectivity index (χ3n) is 5.15. The van der Waals surface area contributed by atoms with E-state index in [4.69, 9.17) is 0 Å². The summed E-state index contributed by atoms with van der Waals surface area (Å²) in [6, 6.07) is 6.93. The molecule has 0 radical (unpaired) electrons. The lowest BCUT2D eigenvalue weighted by Crippen LogP contribution is -2.40. The van der Waals surface area contributed by atoms with Crippen LogP contribution in [0.5, 0.6) is 0 Å². The van der Waals surface area contributed by atoms with Gasteiger partial charge in [-0.3, -0.25) is 4.79 Å². The molecule has 1 unspecified atom stereocenters. The van der Waals surface area contributed by atoms with E-state index in [1.54, 1.807) is 24.3 Å². The molecule has 0 amide bonds.